The molecule has 0 saturated heterocycles. The molecule has 0 heterocycles. The Morgan fingerprint density at radius 2 is 2.18 bits per heavy atom. The molecule has 94 valence electrons. The van der Waals surface area contributed by atoms with E-state index in [9.17, 15) is 9.59 Å². The van der Waals surface area contributed by atoms with Gasteiger partial charge < -0.3 is 4.74 Å². The molecule has 1 unspecified atom stereocenters. The summed E-state index contributed by atoms with van der Waals surface area (Å²) in [7, 11) is 1.36. The van der Waals surface area contributed by atoms with Gasteiger partial charge in [-0.2, -0.15) is 0 Å². The van der Waals surface area contributed by atoms with Crippen molar-refractivity contribution in [1.29, 1.82) is 0 Å². The summed E-state index contributed by atoms with van der Waals surface area (Å²) in [6.45, 7) is 6.24. The zero-order chi connectivity index (χ0) is 12.6. The van der Waals surface area contributed by atoms with Crippen LogP contribution in [0.4, 0.5) is 0 Å². The number of fused-ring (bicyclic) bond motifs is 1. The van der Waals surface area contributed by atoms with E-state index in [2.05, 4.69) is 13.5 Å². The van der Waals surface area contributed by atoms with Gasteiger partial charge >= 0.3 is 5.97 Å². The number of rotatable bonds is 1. The van der Waals surface area contributed by atoms with Crippen molar-refractivity contribution in [1.82, 2.24) is 0 Å². The Bertz CT molecular complexity index is 364. The SMILES string of the molecule is C=C1CC[C@H]2C(C(=O)OC)C(=O)CC[C@]2(C)C1. The van der Waals surface area contributed by atoms with Crippen LogP contribution in [-0.4, -0.2) is 18.9 Å². The van der Waals surface area contributed by atoms with Crippen LogP contribution in [0.15, 0.2) is 12.2 Å². The van der Waals surface area contributed by atoms with Crippen LogP contribution in [0, 0.1) is 17.3 Å². The number of hydrogen-bond acceptors (Lipinski definition) is 3. The lowest BCUT2D eigenvalue weighted by molar-refractivity contribution is -0.158. The number of ketones is 1. The number of methoxy groups -OCH3 is 1. The van der Waals surface area contributed by atoms with E-state index in [1.807, 2.05) is 0 Å². The highest BCUT2D eigenvalue weighted by atomic mass is 16.5. The lowest BCUT2D eigenvalue weighted by atomic mass is 9.55. The van der Waals surface area contributed by atoms with Gasteiger partial charge in [0.2, 0.25) is 0 Å². The average Bonchev–Trinajstić information content (AvgIpc) is 2.29. The molecule has 2 aliphatic rings. The van der Waals surface area contributed by atoms with Crippen molar-refractivity contribution in [2.45, 2.75) is 39.0 Å². The predicted octanol–water partition coefficient (Wildman–Crippen LogP) is 2.50. The van der Waals surface area contributed by atoms with E-state index in [4.69, 9.17) is 4.74 Å². The molecule has 2 saturated carbocycles. The topological polar surface area (TPSA) is 43.4 Å². The fourth-order valence-electron chi connectivity index (χ4n) is 3.55. The van der Waals surface area contributed by atoms with Gasteiger partial charge in [-0.1, -0.05) is 19.1 Å². The number of allylic oxidation sites excluding steroid dienone is 1. The first-order valence-electron chi connectivity index (χ1n) is 6.25. The summed E-state index contributed by atoms with van der Waals surface area (Å²) >= 11 is 0. The minimum Gasteiger partial charge on any atom is -0.468 e. The zero-order valence-electron chi connectivity index (χ0n) is 10.6. The summed E-state index contributed by atoms with van der Waals surface area (Å²) in [5, 5.41) is 0. The zero-order valence-corrected chi connectivity index (χ0v) is 10.6. The molecule has 2 rings (SSSR count). The van der Waals surface area contributed by atoms with E-state index in [0.717, 1.165) is 25.7 Å². The number of hydrogen-bond donors (Lipinski definition) is 0. The quantitative estimate of drug-likeness (QED) is 0.399. The molecule has 3 atom stereocenters. The summed E-state index contributed by atoms with van der Waals surface area (Å²) in [6.07, 6.45) is 4.14. The first kappa shape index (κ1) is 12.3. The molecular formula is C14H20O3. The largest absolute Gasteiger partial charge is 0.468 e. The van der Waals surface area contributed by atoms with Gasteiger partial charge in [-0.3, -0.25) is 9.59 Å². The van der Waals surface area contributed by atoms with Gasteiger partial charge in [0.1, 0.15) is 11.7 Å². The van der Waals surface area contributed by atoms with E-state index in [-0.39, 0.29) is 23.1 Å². The van der Waals surface area contributed by atoms with Crippen molar-refractivity contribution in [2.75, 3.05) is 7.11 Å². The van der Waals surface area contributed by atoms with E-state index < -0.39 is 5.92 Å². The van der Waals surface area contributed by atoms with Gasteiger partial charge in [0.25, 0.3) is 0 Å². The molecule has 0 N–H and O–H groups in total. The van der Waals surface area contributed by atoms with Crippen molar-refractivity contribution < 1.29 is 14.3 Å². The van der Waals surface area contributed by atoms with Crippen molar-refractivity contribution in [3.05, 3.63) is 12.2 Å². The molecule has 3 heteroatoms. The fraction of sp³-hybridized carbons (Fsp3) is 0.714. The van der Waals surface area contributed by atoms with Gasteiger partial charge in [-0.25, -0.2) is 0 Å². The molecule has 2 aliphatic carbocycles. The first-order valence-corrected chi connectivity index (χ1v) is 6.25. The summed E-state index contributed by atoms with van der Waals surface area (Å²) in [5.41, 5.74) is 1.31. The number of esters is 1. The maximum atomic E-state index is 12.0. The molecule has 0 aromatic carbocycles. The Balaban J connectivity index is 2.29. The molecule has 0 spiro atoms. The minimum atomic E-state index is -0.535. The second kappa shape index (κ2) is 4.28. The van der Waals surface area contributed by atoms with E-state index >= 15 is 0 Å². The van der Waals surface area contributed by atoms with Gasteiger partial charge in [-0.05, 0) is 37.0 Å². The van der Waals surface area contributed by atoms with E-state index in [1.54, 1.807) is 0 Å². The second-order valence-corrected chi connectivity index (χ2v) is 5.69. The van der Waals surface area contributed by atoms with E-state index in [1.165, 1.54) is 12.7 Å². The highest BCUT2D eigenvalue weighted by Crippen LogP contribution is 2.52. The van der Waals surface area contributed by atoms with Gasteiger partial charge in [-0.15, -0.1) is 0 Å². The number of carbonyl (C=O) groups is 2. The van der Waals surface area contributed by atoms with E-state index in [0.29, 0.717) is 6.42 Å². The normalized spacial score (nSPS) is 37.5. The molecule has 2 fully saturated rings. The maximum absolute atomic E-state index is 12.0. The average molecular weight is 236 g/mol. The first-order chi connectivity index (χ1) is 7.98. The van der Waals surface area contributed by atoms with Crippen LogP contribution >= 0.6 is 0 Å². The molecular weight excluding hydrogens is 216 g/mol. The molecule has 0 radical (unpaired) electrons. The Morgan fingerprint density at radius 3 is 2.82 bits per heavy atom. The van der Waals surface area contributed by atoms with Gasteiger partial charge in [0, 0.05) is 6.42 Å². The van der Waals surface area contributed by atoms with Crippen LogP contribution in [0.25, 0.3) is 0 Å². The van der Waals surface area contributed by atoms with Crippen LogP contribution in [0.3, 0.4) is 0 Å². The number of Topliss-reactive ketones (excluding diaryl/α,β-unsaturated/α-hetero) is 1. The molecule has 0 aliphatic heterocycles. The standard InChI is InChI=1S/C14H20O3/c1-9-4-5-10-12(13(16)17-3)11(15)6-7-14(10,2)8-9/h10,12H,1,4-8H2,2-3H3/t10-,12?,14+/m0/s1. The molecule has 0 bridgehead atoms. The number of ether oxygens (including phenoxy) is 1. The molecule has 0 aromatic rings. The third kappa shape index (κ3) is 2.03. The Morgan fingerprint density at radius 1 is 1.47 bits per heavy atom. The fourth-order valence-corrected chi connectivity index (χ4v) is 3.55. The Labute approximate surface area is 102 Å². The third-order valence-electron chi connectivity index (χ3n) is 4.50. The van der Waals surface area contributed by atoms with Crippen LogP contribution in [0.5, 0.6) is 0 Å². The van der Waals surface area contributed by atoms with Crippen molar-refractivity contribution >= 4 is 11.8 Å². The monoisotopic (exact) mass is 236 g/mol. The Kier molecular flexibility index (Phi) is 3.11. The van der Waals surface area contributed by atoms with Crippen molar-refractivity contribution in [3.63, 3.8) is 0 Å². The van der Waals surface area contributed by atoms with Crippen molar-refractivity contribution in [2.24, 2.45) is 17.3 Å². The molecule has 0 amide bonds. The highest BCUT2D eigenvalue weighted by molar-refractivity contribution is 6.00. The lowest BCUT2D eigenvalue weighted by Crippen LogP contribution is -2.47. The van der Waals surface area contributed by atoms with Crippen molar-refractivity contribution in [3.8, 4) is 0 Å². The van der Waals surface area contributed by atoms with Crippen LogP contribution in [-0.2, 0) is 14.3 Å². The summed E-state index contributed by atoms with van der Waals surface area (Å²) in [6, 6.07) is 0. The third-order valence-corrected chi connectivity index (χ3v) is 4.50. The summed E-state index contributed by atoms with van der Waals surface area (Å²) in [5.74, 6) is -0.682. The summed E-state index contributed by atoms with van der Waals surface area (Å²) < 4.78 is 4.80. The predicted molar refractivity (Wildman–Crippen MR) is 64.3 cm³/mol. The number of carbonyl (C=O) groups excluding carboxylic acids is 2. The van der Waals surface area contributed by atoms with Gasteiger partial charge in [0.15, 0.2) is 0 Å². The molecule has 17 heavy (non-hydrogen) atoms. The highest BCUT2D eigenvalue weighted by Gasteiger charge is 2.50. The lowest BCUT2D eigenvalue weighted by Gasteiger charge is -2.48. The molecule has 3 nitrogen and oxygen atoms in total. The smallest absolute Gasteiger partial charge is 0.316 e. The summed E-state index contributed by atoms with van der Waals surface area (Å²) in [4.78, 5) is 23.7. The van der Waals surface area contributed by atoms with Crippen LogP contribution < -0.4 is 0 Å². The molecule has 0 aromatic heterocycles. The van der Waals surface area contributed by atoms with Crippen LogP contribution in [0.2, 0.25) is 0 Å². The Hall–Kier alpha value is -1.12. The van der Waals surface area contributed by atoms with Crippen LogP contribution in [0.1, 0.15) is 39.0 Å². The second-order valence-electron chi connectivity index (χ2n) is 5.69. The van der Waals surface area contributed by atoms with Gasteiger partial charge in [0.05, 0.1) is 7.11 Å². The minimum absolute atomic E-state index is 0.0576. The maximum Gasteiger partial charge on any atom is 0.316 e.